The monoisotopic (exact) mass is 279 g/mol. The fraction of sp³-hybridized carbons (Fsp3) is 0.214. The van der Waals surface area contributed by atoms with E-state index in [-0.39, 0.29) is 5.91 Å². The zero-order chi connectivity index (χ0) is 13.0. The molecule has 0 radical (unpaired) electrons. The molecule has 1 aromatic rings. The molecule has 0 aromatic heterocycles. The summed E-state index contributed by atoms with van der Waals surface area (Å²) in [4.78, 5) is 11.5. The van der Waals surface area contributed by atoms with Gasteiger partial charge in [0.1, 0.15) is 0 Å². The third-order valence-electron chi connectivity index (χ3n) is 2.50. The fourth-order valence-electron chi connectivity index (χ4n) is 1.67. The first-order chi connectivity index (χ1) is 8.70. The highest BCUT2D eigenvalue weighted by molar-refractivity contribution is 8.02. The van der Waals surface area contributed by atoms with E-state index in [1.807, 2.05) is 29.7 Å². The third kappa shape index (κ3) is 3.18. The maximum atomic E-state index is 11.5. The van der Waals surface area contributed by atoms with Gasteiger partial charge in [-0.25, -0.2) is 0 Å². The summed E-state index contributed by atoms with van der Waals surface area (Å²) in [6.45, 7) is 2.13. The Morgan fingerprint density at radius 3 is 2.72 bits per heavy atom. The minimum atomic E-state index is -0.0664. The SMILES string of the molecule is CCCS/C=C1\NC(=O)C=C1c1ccc(Cl)cc1. The molecule has 2 nitrogen and oxygen atoms in total. The van der Waals surface area contributed by atoms with Gasteiger partial charge in [-0.15, -0.1) is 11.8 Å². The predicted octanol–water partition coefficient (Wildman–Crippen LogP) is 3.84. The second-order valence-corrected chi connectivity index (χ2v) is 5.37. The van der Waals surface area contributed by atoms with E-state index in [0.29, 0.717) is 5.02 Å². The molecule has 1 aliphatic rings. The zero-order valence-corrected chi connectivity index (χ0v) is 11.6. The van der Waals surface area contributed by atoms with E-state index < -0.39 is 0 Å². The molecular weight excluding hydrogens is 266 g/mol. The molecule has 0 spiro atoms. The molecule has 1 aliphatic heterocycles. The Morgan fingerprint density at radius 2 is 2.06 bits per heavy atom. The van der Waals surface area contributed by atoms with Gasteiger partial charge < -0.3 is 5.32 Å². The highest BCUT2D eigenvalue weighted by atomic mass is 35.5. The van der Waals surface area contributed by atoms with Crippen LogP contribution in [0.15, 0.2) is 41.4 Å². The number of nitrogens with one attached hydrogen (secondary N) is 1. The molecule has 1 N–H and O–H groups in total. The van der Waals surface area contributed by atoms with E-state index in [9.17, 15) is 4.79 Å². The number of carbonyl (C=O) groups is 1. The van der Waals surface area contributed by atoms with Gasteiger partial charge in [0.15, 0.2) is 0 Å². The number of allylic oxidation sites excluding steroid dienone is 1. The lowest BCUT2D eigenvalue weighted by Crippen LogP contribution is -2.13. The maximum Gasteiger partial charge on any atom is 0.249 e. The Morgan fingerprint density at radius 1 is 1.33 bits per heavy atom. The number of halogens is 1. The van der Waals surface area contributed by atoms with E-state index in [1.165, 1.54) is 0 Å². The maximum absolute atomic E-state index is 11.5. The van der Waals surface area contributed by atoms with Crippen molar-refractivity contribution < 1.29 is 4.79 Å². The molecule has 2 rings (SSSR count). The molecule has 1 heterocycles. The van der Waals surface area contributed by atoms with Gasteiger partial charge in [-0.05, 0) is 35.3 Å². The lowest BCUT2D eigenvalue weighted by Gasteiger charge is -2.06. The Balaban J connectivity index is 2.23. The number of benzene rings is 1. The molecule has 0 atom stereocenters. The van der Waals surface area contributed by atoms with Gasteiger partial charge in [0.05, 0.1) is 5.70 Å². The molecule has 4 heteroatoms. The van der Waals surface area contributed by atoms with Crippen LogP contribution in [0.3, 0.4) is 0 Å². The van der Waals surface area contributed by atoms with Crippen molar-refractivity contribution in [3.8, 4) is 0 Å². The molecule has 0 bridgehead atoms. The van der Waals surface area contributed by atoms with Crippen molar-refractivity contribution in [1.82, 2.24) is 5.32 Å². The van der Waals surface area contributed by atoms with E-state index in [2.05, 4.69) is 12.2 Å². The number of hydrogen-bond acceptors (Lipinski definition) is 2. The molecule has 18 heavy (non-hydrogen) atoms. The average Bonchev–Trinajstić information content (AvgIpc) is 2.72. The van der Waals surface area contributed by atoms with Gasteiger partial charge >= 0.3 is 0 Å². The smallest absolute Gasteiger partial charge is 0.249 e. The molecule has 0 saturated carbocycles. The average molecular weight is 280 g/mol. The van der Waals surface area contributed by atoms with Crippen LogP contribution in [0.4, 0.5) is 0 Å². The lowest BCUT2D eigenvalue weighted by molar-refractivity contribution is -0.115. The molecule has 0 aliphatic carbocycles. The van der Waals surface area contributed by atoms with E-state index in [4.69, 9.17) is 11.6 Å². The van der Waals surface area contributed by atoms with Crippen LogP contribution < -0.4 is 5.32 Å². The summed E-state index contributed by atoms with van der Waals surface area (Å²) in [5.41, 5.74) is 2.81. The molecule has 1 aromatic carbocycles. The topological polar surface area (TPSA) is 29.1 Å². The van der Waals surface area contributed by atoms with Crippen molar-refractivity contribution in [1.29, 1.82) is 0 Å². The van der Waals surface area contributed by atoms with Crippen LogP contribution in [0.2, 0.25) is 5.02 Å². The highest BCUT2D eigenvalue weighted by Gasteiger charge is 2.18. The molecule has 1 amide bonds. The van der Waals surface area contributed by atoms with Crippen LogP contribution in [-0.4, -0.2) is 11.7 Å². The fourth-order valence-corrected chi connectivity index (χ4v) is 2.50. The Hall–Kier alpha value is -1.19. The third-order valence-corrected chi connectivity index (χ3v) is 3.80. The van der Waals surface area contributed by atoms with Crippen molar-refractivity contribution in [3.63, 3.8) is 0 Å². The van der Waals surface area contributed by atoms with Crippen LogP contribution in [0.5, 0.6) is 0 Å². The van der Waals surface area contributed by atoms with E-state index >= 15 is 0 Å². The second kappa shape index (κ2) is 6.12. The summed E-state index contributed by atoms with van der Waals surface area (Å²) in [6, 6.07) is 7.51. The van der Waals surface area contributed by atoms with Crippen LogP contribution in [0, 0.1) is 0 Å². The molecule has 0 fully saturated rings. The first kappa shape index (κ1) is 13.2. The van der Waals surface area contributed by atoms with Crippen molar-refractivity contribution in [2.45, 2.75) is 13.3 Å². The number of hydrogen-bond donors (Lipinski definition) is 1. The highest BCUT2D eigenvalue weighted by Crippen LogP contribution is 2.28. The van der Waals surface area contributed by atoms with Gasteiger partial charge in [-0.1, -0.05) is 30.7 Å². The van der Waals surface area contributed by atoms with Gasteiger partial charge in [0.2, 0.25) is 5.91 Å². The van der Waals surface area contributed by atoms with Crippen molar-refractivity contribution >= 4 is 34.8 Å². The summed E-state index contributed by atoms with van der Waals surface area (Å²) in [6.07, 6.45) is 2.74. The normalized spacial score (nSPS) is 16.9. The van der Waals surface area contributed by atoms with E-state index in [0.717, 1.165) is 29.0 Å². The zero-order valence-electron chi connectivity index (χ0n) is 10.1. The lowest BCUT2D eigenvalue weighted by atomic mass is 10.1. The van der Waals surface area contributed by atoms with Crippen molar-refractivity contribution in [3.05, 3.63) is 52.0 Å². The molecule has 0 saturated heterocycles. The van der Waals surface area contributed by atoms with Gasteiger partial charge in [0.25, 0.3) is 0 Å². The first-order valence-corrected chi connectivity index (χ1v) is 7.24. The summed E-state index contributed by atoms with van der Waals surface area (Å²) >= 11 is 7.58. The van der Waals surface area contributed by atoms with Crippen molar-refractivity contribution in [2.75, 3.05) is 5.75 Å². The minimum absolute atomic E-state index is 0.0664. The van der Waals surface area contributed by atoms with Crippen LogP contribution in [0.25, 0.3) is 5.57 Å². The minimum Gasteiger partial charge on any atom is -0.321 e. The standard InChI is InChI=1S/C14H14ClNOS/c1-2-7-18-9-13-12(8-14(17)16-13)10-3-5-11(15)6-4-10/h3-6,8-9H,2,7H2,1H3,(H,16,17)/b13-9-. The first-order valence-electron chi connectivity index (χ1n) is 5.81. The molecular formula is C14H14ClNOS. The quantitative estimate of drug-likeness (QED) is 0.849. The Bertz CT molecular complexity index is 505. The van der Waals surface area contributed by atoms with Gasteiger partial charge in [-0.2, -0.15) is 0 Å². The summed E-state index contributed by atoms with van der Waals surface area (Å²) in [5, 5.41) is 5.56. The number of amides is 1. The van der Waals surface area contributed by atoms with Crippen LogP contribution >= 0.6 is 23.4 Å². The Kier molecular flexibility index (Phi) is 4.50. The number of carbonyl (C=O) groups excluding carboxylic acids is 1. The van der Waals surface area contributed by atoms with Crippen LogP contribution in [0.1, 0.15) is 18.9 Å². The molecule has 94 valence electrons. The summed E-state index contributed by atoms with van der Waals surface area (Å²) in [7, 11) is 0. The van der Waals surface area contributed by atoms with Crippen molar-refractivity contribution in [2.24, 2.45) is 0 Å². The predicted molar refractivity (Wildman–Crippen MR) is 78.4 cm³/mol. The largest absolute Gasteiger partial charge is 0.321 e. The number of rotatable bonds is 4. The summed E-state index contributed by atoms with van der Waals surface area (Å²) < 4.78 is 0. The Labute approximate surface area is 116 Å². The van der Waals surface area contributed by atoms with E-state index in [1.54, 1.807) is 17.8 Å². The molecule has 0 unspecified atom stereocenters. The van der Waals surface area contributed by atoms with Crippen LogP contribution in [-0.2, 0) is 4.79 Å². The number of thioether (sulfide) groups is 1. The van der Waals surface area contributed by atoms with Gasteiger partial charge in [-0.3, -0.25) is 4.79 Å². The second-order valence-electron chi connectivity index (χ2n) is 3.96. The summed E-state index contributed by atoms with van der Waals surface area (Å²) in [5.74, 6) is 0.982. The van der Waals surface area contributed by atoms with Gasteiger partial charge in [0, 0.05) is 16.7 Å².